The summed E-state index contributed by atoms with van der Waals surface area (Å²) in [6.07, 6.45) is 6.89. The van der Waals surface area contributed by atoms with E-state index in [1.165, 1.54) is 14.2 Å². The van der Waals surface area contributed by atoms with Crippen molar-refractivity contribution in [3.8, 4) is 11.5 Å². The maximum Gasteiger partial charge on any atom is 0.427 e. The average Bonchev–Trinajstić information content (AvgIpc) is 2.62. The van der Waals surface area contributed by atoms with Crippen LogP contribution < -0.4 is 14.8 Å². The summed E-state index contributed by atoms with van der Waals surface area (Å²) in [5.41, 5.74) is 1.86. The number of dihydropyridines is 1. The zero-order valence-corrected chi connectivity index (χ0v) is 13.8. The molecule has 1 N–H and O–H groups in total. The van der Waals surface area contributed by atoms with Crippen LogP contribution in [-0.2, 0) is 11.2 Å². The quantitative estimate of drug-likeness (QED) is 0.510. The van der Waals surface area contributed by atoms with E-state index in [1.54, 1.807) is 49.7 Å². The molecule has 7 nitrogen and oxygen atoms in total. The third-order valence-corrected chi connectivity index (χ3v) is 3.39. The summed E-state index contributed by atoms with van der Waals surface area (Å²) in [5.74, 6) is 0.395. The van der Waals surface area contributed by atoms with Gasteiger partial charge < -0.3 is 20.0 Å². The highest BCUT2D eigenvalue weighted by Crippen LogP contribution is 2.27. The Bertz CT molecular complexity index is 734. The lowest BCUT2D eigenvalue weighted by Gasteiger charge is -2.08. The van der Waals surface area contributed by atoms with E-state index in [9.17, 15) is 10.0 Å². The van der Waals surface area contributed by atoms with E-state index in [1.807, 2.05) is 0 Å². The van der Waals surface area contributed by atoms with Gasteiger partial charge >= 0.3 is 5.91 Å². The first-order valence-corrected chi connectivity index (χ1v) is 7.28. The van der Waals surface area contributed by atoms with Gasteiger partial charge in [-0.3, -0.25) is 0 Å². The highest BCUT2D eigenvalue weighted by atomic mass is 16.5. The Balaban J connectivity index is 2.14. The van der Waals surface area contributed by atoms with Crippen molar-refractivity contribution in [3.63, 3.8) is 0 Å². The van der Waals surface area contributed by atoms with Gasteiger partial charge in [-0.05, 0) is 41.6 Å². The van der Waals surface area contributed by atoms with E-state index >= 15 is 0 Å². The highest BCUT2D eigenvalue weighted by molar-refractivity contribution is 5.70. The second kappa shape index (κ2) is 7.96. The van der Waals surface area contributed by atoms with Crippen molar-refractivity contribution in [2.45, 2.75) is 13.3 Å². The Morgan fingerprint density at radius 2 is 1.88 bits per heavy atom. The summed E-state index contributed by atoms with van der Waals surface area (Å²) in [6, 6.07) is 5.05. The second-order valence-electron chi connectivity index (χ2n) is 5.01. The third kappa shape index (κ3) is 4.22. The molecule has 1 aliphatic heterocycles. The fourth-order valence-electron chi connectivity index (χ4n) is 2.11. The van der Waals surface area contributed by atoms with Crippen LogP contribution in [-0.4, -0.2) is 25.0 Å². The summed E-state index contributed by atoms with van der Waals surface area (Å²) in [4.78, 5) is 12.2. The summed E-state index contributed by atoms with van der Waals surface area (Å²) < 4.78 is 10.3. The van der Waals surface area contributed by atoms with E-state index in [0.29, 0.717) is 22.8 Å². The number of azo groups is 1. The zero-order chi connectivity index (χ0) is 17.5. The van der Waals surface area contributed by atoms with Gasteiger partial charge in [-0.15, -0.1) is 0 Å². The molecule has 0 aromatic heterocycles. The van der Waals surface area contributed by atoms with Gasteiger partial charge in [-0.1, -0.05) is 6.07 Å². The molecule has 0 saturated carbocycles. The number of amides is 1. The number of hydroxylamine groups is 1. The van der Waals surface area contributed by atoms with E-state index in [0.717, 1.165) is 5.57 Å². The molecule has 0 saturated heterocycles. The number of allylic oxidation sites excluding steroid dienone is 4. The number of carbonyl (C=O) groups is 1. The Hall–Kier alpha value is -3.09. The molecule has 126 valence electrons. The van der Waals surface area contributed by atoms with Crippen molar-refractivity contribution in [2.24, 2.45) is 5.11 Å². The minimum absolute atomic E-state index is 0.0802. The molecule has 1 aromatic carbocycles. The Morgan fingerprint density at radius 3 is 2.50 bits per heavy atom. The minimum Gasteiger partial charge on any atom is -0.592 e. The van der Waals surface area contributed by atoms with Crippen LogP contribution in [0.15, 0.2) is 59.1 Å². The van der Waals surface area contributed by atoms with Gasteiger partial charge in [-0.2, -0.15) is 0 Å². The van der Waals surface area contributed by atoms with E-state index in [2.05, 4.69) is 10.4 Å². The van der Waals surface area contributed by atoms with Crippen LogP contribution >= 0.6 is 0 Å². The first-order valence-electron chi connectivity index (χ1n) is 7.28. The van der Waals surface area contributed by atoms with Gasteiger partial charge in [0.1, 0.15) is 12.1 Å². The van der Waals surface area contributed by atoms with Crippen LogP contribution in [0.4, 0.5) is 0 Å². The van der Waals surface area contributed by atoms with Crippen LogP contribution in [0.2, 0.25) is 0 Å². The number of carbonyl (C=O) groups excluding carboxylic acids is 1. The van der Waals surface area contributed by atoms with E-state index in [-0.39, 0.29) is 11.3 Å². The number of methoxy groups -OCH3 is 2. The lowest BCUT2D eigenvalue weighted by Crippen LogP contribution is -2.16. The summed E-state index contributed by atoms with van der Waals surface area (Å²) >= 11 is 0. The fourth-order valence-corrected chi connectivity index (χ4v) is 2.11. The number of hydrogen-bond donors (Lipinski definition) is 1. The predicted octanol–water partition coefficient (Wildman–Crippen LogP) is 2.64. The van der Waals surface area contributed by atoms with Gasteiger partial charge in [0.25, 0.3) is 0 Å². The van der Waals surface area contributed by atoms with Crippen molar-refractivity contribution in [2.75, 3.05) is 14.2 Å². The van der Waals surface area contributed by atoms with Gasteiger partial charge in [0.05, 0.1) is 14.2 Å². The largest absolute Gasteiger partial charge is 0.592 e. The molecule has 0 unspecified atom stereocenters. The molecule has 1 heterocycles. The van der Waals surface area contributed by atoms with Gasteiger partial charge in [0.2, 0.25) is 0 Å². The Labute approximate surface area is 140 Å². The second-order valence-corrected chi connectivity index (χ2v) is 5.01. The summed E-state index contributed by atoms with van der Waals surface area (Å²) in [7, 11) is 3.04. The topological polar surface area (TPSA) is 86.0 Å². The fraction of sp³-hybridized carbons (Fsp3) is 0.235. The molecule has 7 heteroatoms. The molecule has 0 radical (unpaired) electrons. The van der Waals surface area contributed by atoms with E-state index in [4.69, 9.17) is 9.47 Å². The molecule has 0 fully saturated rings. The first kappa shape index (κ1) is 17.3. The van der Waals surface area contributed by atoms with Gasteiger partial charge in [0.15, 0.2) is 11.5 Å². The molecule has 0 atom stereocenters. The maximum absolute atomic E-state index is 12.1. The highest BCUT2D eigenvalue weighted by Gasteiger charge is 2.16. The molecule has 2 rings (SSSR count). The van der Waals surface area contributed by atoms with Crippen LogP contribution in [0.25, 0.3) is 0 Å². The first-order chi connectivity index (χ1) is 11.5. The van der Waals surface area contributed by atoms with Crippen molar-refractivity contribution in [3.05, 3.63) is 64.8 Å². The van der Waals surface area contributed by atoms with Crippen LogP contribution in [0, 0.1) is 5.21 Å². The molecular weight excluding hydrogens is 310 g/mol. The number of ether oxygens (including phenoxy) is 2. The lowest BCUT2D eigenvalue weighted by molar-refractivity contribution is -0.447. The molecule has 24 heavy (non-hydrogen) atoms. The van der Waals surface area contributed by atoms with Gasteiger partial charge in [0, 0.05) is 23.1 Å². The number of nitrogens with zero attached hydrogens (tertiary/aromatic N) is 2. The monoisotopic (exact) mass is 329 g/mol. The maximum atomic E-state index is 12.1. The minimum atomic E-state index is -0.663. The van der Waals surface area contributed by atoms with Crippen LogP contribution in [0.1, 0.15) is 12.5 Å². The smallest absolute Gasteiger partial charge is 0.427 e. The van der Waals surface area contributed by atoms with Crippen LogP contribution in [0.5, 0.6) is 11.5 Å². The molecular formula is C17H19N3O4. The van der Waals surface area contributed by atoms with Crippen molar-refractivity contribution in [1.82, 2.24) is 5.32 Å². The van der Waals surface area contributed by atoms with Crippen molar-refractivity contribution >= 4 is 5.91 Å². The summed E-state index contributed by atoms with van der Waals surface area (Å²) in [5, 5.41) is 18.6. The molecule has 1 amide bonds. The lowest BCUT2D eigenvalue weighted by atomic mass is 10.1. The zero-order valence-electron chi connectivity index (χ0n) is 13.8. The molecule has 0 aliphatic carbocycles. The van der Waals surface area contributed by atoms with E-state index < -0.39 is 5.91 Å². The number of rotatable bonds is 5. The molecule has 1 aromatic rings. The average molecular weight is 329 g/mol. The van der Waals surface area contributed by atoms with Gasteiger partial charge in [-0.25, -0.2) is 4.79 Å². The van der Waals surface area contributed by atoms with Crippen molar-refractivity contribution in [1.29, 1.82) is 0 Å². The number of nitrogens with one attached hydrogen (secondary N) is 1. The predicted molar refractivity (Wildman–Crippen MR) is 88.4 cm³/mol. The Kier molecular flexibility index (Phi) is 5.73. The molecule has 0 bridgehead atoms. The number of benzene rings is 1. The standard InChI is InChI=1S/C17H19N3O4/c1-12(14-6-8-18-9-7-14)19-20(22)17(21)11-13-4-5-15(23-2)16(10-13)24-3/h4-10,18H,11H2,1-3H3. The molecule has 0 spiro atoms. The SMILES string of the molecule is COc1ccc(CC(=O)[N+]([O-])=NC(C)=C2C=CNC=C2)cc1OC. The van der Waals surface area contributed by atoms with Crippen LogP contribution in [0.3, 0.4) is 0 Å². The summed E-state index contributed by atoms with van der Waals surface area (Å²) in [6.45, 7) is 1.67. The van der Waals surface area contributed by atoms with Crippen molar-refractivity contribution < 1.29 is 19.1 Å². The number of hydrogen-bond acceptors (Lipinski definition) is 6. The third-order valence-electron chi connectivity index (χ3n) is 3.39. The Morgan fingerprint density at radius 1 is 1.21 bits per heavy atom. The molecule has 1 aliphatic rings. The normalized spacial score (nSPS) is 13.5.